The van der Waals surface area contributed by atoms with E-state index in [0.29, 0.717) is 12.0 Å². The van der Waals surface area contributed by atoms with Crippen molar-refractivity contribution in [3.63, 3.8) is 0 Å². The molecule has 0 spiro atoms. The first-order valence-electron chi connectivity index (χ1n) is 7.05. The molecule has 1 amide bonds. The van der Waals surface area contributed by atoms with E-state index in [1.807, 2.05) is 30.3 Å². The lowest BCUT2D eigenvalue weighted by Crippen LogP contribution is -2.40. The van der Waals surface area contributed by atoms with Gasteiger partial charge in [0.05, 0.1) is 5.69 Å². The summed E-state index contributed by atoms with van der Waals surface area (Å²) in [6.07, 6.45) is 3.33. The Labute approximate surface area is 122 Å². The van der Waals surface area contributed by atoms with E-state index < -0.39 is 0 Å². The third-order valence-corrected chi connectivity index (χ3v) is 3.61. The lowest BCUT2D eigenvalue weighted by atomic mass is 10.1. The molecule has 3 N–H and O–H groups in total. The molecular weight excluding hydrogens is 268 g/mol. The van der Waals surface area contributed by atoms with Crippen LogP contribution in [0.3, 0.4) is 0 Å². The summed E-state index contributed by atoms with van der Waals surface area (Å²) in [5.41, 5.74) is 7.02. The van der Waals surface area contributed by atoms with Crippen molar-refractivity contribution in [2.75, 3.05) is 5.32 Å². The highest BCUT2D eigenvalue weighted by Gasteiger charge is 2.28. The molecule has 7 nitrogen and oxygen atoms in total. The van der Waals surface area contributed by atoms with Crippen molar-refractivity contribution in [2.24, 2.45) is 0 Å². The molecule has 3 rings (SSSR count). The number of rotatable bonds is 4. The number of carbonyl (C=O) groups excluding carboxylic acids is 1. The summed E-state index contributed by atoms with van der Waals surface area (Å²) in [5.74, 6) is 0.316. The third kappa shape index (κ3) is 2.93. The fourth-order valence-electron chi connectivity index (χ4n) is 2.36. The number of amides is 1. The molecule has 1 aromatic carbocycles. The molecule has 2 unspecified atom stereocenters. The van der Waals surface area contributed by atoms with Crippen LogP contribution in [0, 0.1) is 0 Å². The van der Waals surface area contributed by atoms with Gasteiger partial charge in [-0.3, -0.25) is 20.1 Å². The number of nitrogens with one attached hydrogen (secondary N) is 3. The summed E-state index contributed by atoms with van der Waals surface area (Å²) in [7, 11) is 0. The molecule has 2 heterocycles. The number of aromatic nitrogens is 3. The summed E-state index contributed by atoms with van der Waals surface area (Å²) in [5, 5.41) is 10.7. The Kier molecular flexibility index (Phi) is 3.94. The number of anilines is 1. The van der Waals surface area contributed by atoms with Crippen LogP contribution >= 0.6 is 0 Å². The van der Waals surface area contributed by atoms with E-state index >= 15 is 0 Å². The second-order valence-electron chi connectivity index (χ2n) is 5.03. The van der Waals surface area contributed by atoms with Crippen molar-refractivity contribution in [3.05, 3.63) is 36.7 Å². The Morgan fingerprint density at radius 3 is 2.90 bits per heavy atom. The second-order valence-corrected chi connectivity index (χ2v) is 5.03. The number of hydrazine groups is 1. The van der Waals surface area contributed by atoms with E-state index in [4.69, 9.17) is 0 Å². The van der Waals surface area contributed by atoms with E-state index in [2.05, 4.69) is 33.3 Å². The predicted octanol–water partition coefficient (Wildman–Crippen LogP) is 0.851. The van der Waals surface area contributed by atoms with Gasteiger partial charge in [0.1, 0.15) is 12.4 Å². The highest BCUT2D eigenvalue weighted by Crippen LogP contribution is 2.14. The van der Waals surface area contributed by atoms with Gasteiger partial charge >= 0.3 is 0 Å². The van der Waals surface area contributed by atoms with Crippen LogP contribution in [0.2, 0.25) is 0 Å². The fraction of sp³-hybridized carbons (Fsp3) is 0.357. The third-order valence-electron chi connectivity index (χ3n) is 3.61. The molecule has 1 aliphatic rings. The first-order chi connectivity index (χ1) is 10.3. The van der Waals surface area contributed by atoms with Gasteiger partial charge in [-0.25, -0.2) is 5.43 Å². The SMILES string of the molecule is CCC1CC(C(=O)Nc2nncn2-c2ccccc2)NN1. The van der Waals surface area contributed by atoms with E-state index in [1.165, 1.54) is 0 Å². The second kappa shape index (κ2) is 6.02. The minimum absolute atomic E-state index is 0.108. The molecule has 21 heavy (non-hydrogen) atoms. The number of nitrogens with zero attached hydrogens (tertiary/aromatic N) is 3. The number of hydrogen-bond donors (Lipinski definition) is 3. The zero-order valence-electron chi connectivity index (χ0n) is 11.8. The average Bonchev–Trinajstić information content (AvgIpc) is 3.17. The van der Waals surface area contributed by atoms with Gasteiger partial charge in [0.15, 0.2) is 0 Å². The van der Waals surface area contributed by atoms with Crippen molar-refractivity contribution in [2.45, 2.75) is 31.8 Å². The minimum atomic E-state index is -0.254. The molecule has 0 bridgehead atoms. The molecule has 1 fully saturated rings. The van der Waals surface area contributed by atoms with Gasteiger partial charge in [-0.1, -0.05) is 25.1 Å². The van der Waals surface area contributed by atoms with Crippen LogP contribution < -0.4 is 16.2 Å². The topological polar surface area (TPSA) is 83.9 Å². The molecule has 2 atom stereocenters. The molecular formula is C14H18N6O. The van der Waals surface area contributed by atoms with Gasteiger partial charge in [-0.2, -0.15) is 0 Å². The molecule has 110 valence electrons. The Morgan fingerprint density at radius 2 is 2.19 bits per heavy atom. The quantitative estimate of drug-likeness (QED) is 0.776. The molecule has 7 heteroatoms. The smallest absolute Gasteiger partial charge is 0.245 e. The summed E-state index contributed by atoms with van der Waals surface area (Å²) in [6, 6.07) is 9.72. The Balaban J connectivity index is 1.72. The summed E-state index contributed by atoms with van der Waals surface area (Å²) < 4.78 is 1.75. The molecule has 2 aromatic rings. The van der Waals surface area contributed by atoms with Crippen LogP contribution in [-0.4, -0.2) is 32.8 Å². The fourth-order valence-corrected chi connectivity index (χ4v) is 2.36. The van der Waals surface area contributed by atoms with E-state index in [9.17, 15) is 4.79 Å². The van der Waals surface area contributed by atoms with Gasteiger partial charge in [0, 0.05) is 6.04 Å². The van der Waals surface area contributed by atoms with Gasteiger partial charge in [-0.05, 0) is 25.0 Å². The van der Waals surface area contributed by atoms with Crippen molar-refractivity contribution in [3.8, 4) is 5.69 Å². The maximum Gasteiger partial charge on any atom is 0.245 e. The molecule has 0 aliphatic carbocycles. The van der Waals surface area contributed by atoms with E-state index in [0.717, 1.165) is 18.5 Å². The van der Waals surface area contributed by atoms with Crippen molar-refractivity contribution in [1.82, 2.24) is 25.6 Å². The zero-order chi connectivity index (χ0) is 14.7. The lowest BCUT2D eigenvalue weighted by Gasteiger charge is -2.11. The maximum absolute atomic E-state index is 12.3. The molecule has 1 aliphatic heterocycles. The zero-order valence-corrected chi connectivity index (χ0v) is 11.8. The van der Waals surface area contributed by atoms with Gasteiger partial charge in [-0.15, -0.1) is 10.2 Å². The van der Waals surface area contributed by atoms with Crippen LogP contribution in [0.15, 0.2) is 36.7 Å². The predicted molar refractivity (Wildman–Crippen MR) is 78.7 cm³/mol. The number of carbonyl (C=O) groups is 1. The normalized spacial score (nSPS) is 21.4. The number of hydrogen-bond acceptors (Lipinski definition) is 5. The van der Waals surface area contributed by atoms with Crippen molar-refractivity contribution >= 4 is 11.9 Å². The monoisotopic (exact) mass is 286 g/mol. The average molecular weight is 286 g/mol. The lowest BCUT2D eigenvalue weighted by molar-refractivity contribution is -0.117. The molecule has 0 radical (unpaired) electrons. The first-order valence-corrected chi connectivity index (χ1v) is 7.05. The van der Waals surface area contributed by atoms with E-state index in [1.54, 1.807) is 10.9 Å². The minimum Gasteiger partial charge on any atom is -0.293 e. The Hall–Kier alpha value is -2.25. The standard InChI is InChI=1S/C14H18N6O/c1-2-10-8-12(18-17-10)13(21)16-14-19-15-9-20(14)11-6-4-3-5-7-11/h3-7,9-10,12,17-18H,2,8H2,1H3,(H,16,19,21). The maximum atomic E-state index is 12.3. The number of benzene rings is 1. The van der Waals surface area contributed by atoms with Crippen molar-refractivity contribution in [1.29, 1.82) is 0 Å². The van der Waals surface area contributed by atoms with Crippen LogP contribution in [0.25, 0.3) is 5.69 Å². The van der Waals surface area contributed by atoms with Crippen LogP contribution in [0.1, 0.15) is 19.8 Å². The largest absolute Gasteiger partial charge is 0.293 e. The van der Waals surface area contributed by atoms with Crippen LogP contribution in [0.4, 0.5) is 5.95 Å². The summed E-state index contributed by atoms with van der Waals surface area (Å²) in [4.78, 5) is 12.3. The summed E-state index contributed by atoms with van der Waals surface area (Å²) in [6.45, 7) is 2.09. The van der Waals surface area contributed by atoms with Gasteiger partial charge in [0.2, 0.25) is 11.9 Å². The van der Waals surface area contributed by atoms with Crippen molar-refractivity contribution < 1.29 is 4.79 Å². The Bertz CT molecular complexity index is 611. The van der Waals surface area contributed by atoms with Gasteiger partial charge in [0.25, 0.3) is 0 Å². The van der Waals surface area contributed by atoms with Crippen LogP contribution in [0.5, 0.6) is 0 Å². The van der Waals surface area contributed by atoms with Crippen LogP contribution in [-0.2, 0) is 4.79 Å². The Morgan fingerprint density at radius 1 is 1.38 bits per heavy atom. The molecule has 1 aromatic heterocycles. The molecule has 1 saturated heterocycles. The number of para-hydroxylation sites is 1. The van der Waals surface area contributed by atoms with Gasteiger partial charge < -0.3 is 0 Å². The summed E-state index contributed by atoms with van der Waals surface area (Å²) >= 11 is 0. The first kappa shape index (κ1) is 13.7. The molecule has 0 saturated carbocycles. The van der Waals surface area contributed by atoms with E-state index in [-0.39, 0.29) is 11.9 Å². The highest BCUT2D eigenvalue weighted by molar-refractivity contribution is 5.93. The highest BCUT2D eigenvalue weighted by atomic mass is 16.2.